The van der Waals surface area contributed by atoms with E-state index in [1.165, 1.54) is 18.6 Å². The fourth-order valence-electron chi connectivity index (χ4n) is 2.72. The van der Waals surface area contributed by atoms with Crippen LogP contribution >= 0.6 is 0 Å². The Bertz CT molecular complexity index is 970. The average Bonchev–Trinajstić information content (AvgIpc) is 3.15. The molecule has 1 atom stereocenters. The van der Waals surface area contributed by atoms with Crippen molar-refractivity contribution in [2.24, 2.45) is 5.92 Å². The second-order valence-corrected chi connectivity index (χ2v) is 6.50. The highest BCUT2D eigenvalue weighted by Gasteiger charge is 2.37. The number of amides is 1. The monoisotopic (exact) mass is 404 g/mol. The number of aromatic nitrogens is 5. The first kappa shape index (κ1) is 20.4. The zero-order valence-corrected chi connectivity index (χ0v) is 15.8. The van der Waals surface area contributed by atoms with Gasteiger partial charge in [-0.25, -0.2) is 14.6 Å². The molecule has 0 fully saturated rings. The van der Waals surface area contributed by atoms with Gasteiger partial charge in [0.05, 0.1) is 18.1 Å². The third kappa shape index (κ3) is 4.76. The highest BCUT2D eigenvalue weighted by atomic mass is 19.4. The van der Waals surface area contributed by atoms with Crippen LogP contribution in [0.3, 0.4) is 0 Å². The van der Waals surface area contributed by atoms with Gasteiger partial charge in [-0.3, -0.25) is 9.78 Å². The van der Waals surface area contributed by atoms with Crippen LogP contribution in [0.1, 0.15) is 32.4 Å². The summed E-state index contributed by atoms with van der Waals surface area (Å²) in [5, 5.41) is 6.64. The molecule has 0 aliphatic rings. The maximum atomic E-state index is 13.5. The number of carbonyl (C=O) groups is 1. The highest BCUT2D eigenvalue weighted by molar-refractivity contribution is 5.91. The Morgan fingerprint density at radius 3 is 2.62 bits per heavy atom. The lowest BCUT2D eigenvalue weighted by Gasteiger charge is -2.11. The fourth-order valence-corrected chi connectivity index (χ4v) is 2.72. The summed E-state index contributed by atoms with van der Waals surface area (Å²) >= 11 is 0. The van der Waals surface area contributed by atoms with Crippen molar-refractivity contribution in [3.05, 3.63) is 48.7 Å². The van der Waals surface area contributed by atoms with Crippen LogP contribution in [-0.2, 0) is 11.0 Å². The summed E-state index contributed by atoms with van der Waals surface area (Å²) < 4.78 is 41.2. The molecule has 3 rings (SSSR count). The molecule has 152 valence electrons. The van der Waals surface area contributed by atoms with Crippen LogP contribution in [0.5, 0.6) is 0 Å². The Hall–Kier alpha value is -3.30. The zero-order valence-electron chi connectivity index (χ0n) is 15.8. The van der Waals surface area contributed by atoms with Gasteiger partial charge in [0.1, 0.15) is 0 Å². The molecule has 1 amide bonds. The normalized spacial score (nSPS) is 12.6. The lowest BCUT2D eigenvalue weighted by atomic mass is 10.1. The molecule has 0 aliphatic heterocycles. The standard InChI is InChI=1S/C19H19F3N6O/c1-3-5-12(2)18(29)26-16-10-25-17(11-24-16)28-15(19(20,21)22)8-14(27-28)13-6-4-7-23-9-13/h4,6-12H,3,5H2,1-2H3,(H,24,26,29). The molecule has 3 heterocycles. The molecule has 29 heavy (non-hydrogen) atoms. The number of anilines is 1. The predicted molar refractivity (Wildman–Crippen MR) is 100 cm³/mol. The molecule has 3 aromatic heterocycles. The van der Waals surface area contributed by atoms with Gasteiger partial charge in [-0.2, -0.15) is 18.3 Å². The number of halogens is 3. The molecule has 0 aromatic carbocycles. The van der Waals surface area contributed by atoms with Crippen LogP contribution in [0.4, 0.5) is 19.0 Å². The van der Waals surface area contributed by atoms with Crippen molar-refractivity contribution in [2.75, 3.05) is 5.32 Å². The molecule has 0 saturated carbocycles. The minimum absolute atomic E-state index is 0.109. The van der Waals surface area contributed by atoms with Gasteiger partial charge in [-0.05, 0) is 24.6 Å². The summed E-state index contributed by atoms with van der Waals surface area (Å²) in [7, 11) is 0. The second kappa shape index (κ2) is 8.38. The van der Waals surface area contributed by atoms with Gasteiger partial charge in [0, 0.05) is 23.9 Å². The van der Waals surface area contributed by atoms with Crippen molar-refractivity contribution in [3.63, 3.8) is 0 Å². The Morgan fingerprint density at radius 2 is 2.03 bits per heavy atom. The van der Waals surface area contributed by atoms with Crippen molar-refractivity contribution < 1.29 is 18.0 Å². The summed E-state index contributed by atoms with van der Waals surface area (Å²) in [6, 6.07) is 4.15. The quantitative estimate of drug-likeness (QED) is 0.668. The molecule has 0 aliphatic carbocycles. The minimum atomic E-state index is -4.64. The molecule has 10 heteroatoms. The summed E-state index contributed by atoms with van der Waals surface area (Å²) in [5.74, 6) is -0.378. The molecule has 3 aromatic rings. The Labute approximate surface area is 165 Å². The highest BCUT2D eigenvalue weighted by Crippen LogP contribution is 2.33. The second-order valence-electron chi connectivity index (χ2n) is 6.50. The lowest BCUT2D eigenvalue weighted by Crippen LogP contribution is -2.21. The number of alkyl halides is 3. The van der Waals surface area contributed by atoms with Crippen molar-refractivity contribution in [1.82, 2.24) is 24.7 Å². The predicted octanol–water partition coefficient (Wildman–Crippen LogP) is 4.12. The topological polar surface area (TPSA) is 85.6 Å². The van der Waals surface area contributed by atoms with E-state index in [4.69, 9.17) is 0 Å². The number of rotatable bonds is 6. The van der Waals surface area contributed by atoms with Crippen molar-refractivity contribution in [2.45, 2.75) is 32.9 Å². The van der Waals surface area contributed by atoms with Gasteiger partial charge in [-0.1, -0.05) is 20.3 Å². The third-order valence-electron chi connectivity index (χ3n) is 4.23. The summed E-state index contributed by atoms with van der Waals surface area (Å²) in [4.78, 5) is 24.0. The van der Waals surface area contributed by atoms with Crippen molar-refractivity contribution in [3.8, 4) is 17.1 Å². The fraction of sp³-hybridized carbons (Fsp3) is 0.316. The van der Waals surface area contributed by atoms with Crippen LogP contribution in [0.2, 0.25) is 0 Å². The summed E-state index contributed by atoms with van der Waals surface area (Å²) in [6.07, 6.45) is 2.22. The van der Waals surface area contributed by atoms with E-state index in [0.29, 0.717) is 10.2 Å². The molecule has 1 N–H and O–H groups in total. The number of hydrogen-bond acceptors (Lipinski definition) is 5. The summed E-state index contributed by atoms with van der Waals surface area (Å²) in [6.45, 7) is 3.76. The van der Waals surface area contributed by atoms with Gasteiger partial charge in [0.15, 0.2) is 17.3 Å². The number of nitrogens with zero attached hydrogens (tertiary/aromatic N) is 5. The van der Waals surface area contributed by atoms with E-state index >= 15 is 0 Å². The first-order valence-electron chi connectivity index (χ1n) is 9.00. The molecular formula is C19H19F3N6O. The molecular weight excluding hydrogens is 385 g/mol. The van der Waals surface area contributed by atoms with Crippen LogP contribution in [0.25, 0.3) is 17.1 Å². The van der Waals surface area contributed by atoms with Crippen LogP contribution in [-0.4, -0.2) is 30.6 Å². The molecule has 0 spiro atoms. The molecule has 0 radical (unpaired) electrons. The van der Waals surface area contributed by atoms with E-state index < -0.39 is 11.9 Å². The van der Waals surface area contributed by atoms with Gasteiger partial charge in [-0.15, -0.1) is 0 Å². The first-order chi connectivity index (χ1) is 13.8. The van der Waals surface area contributed by atoms with Gasteiger partial charge < -0.3 is 5.32 Å². The first-order valence-corrected chi connectivity index (χ1v) is 9.00. The summed E-state index contributed by atoms with van der Waals surface area (Å²) in [5.41, 5.74) is -0.435. The van der Waals surface area contributed by atoms with Gasteiger partial charge >= 0.3 is 6.18 Å². The van der Waals surface area contributed by atoms with Crippen molar-refractivity contribution >= 4 is 11.7 Å². The van der Waals surface area contributed by atoms with E-state index in [1.54, 1.807) is 19.1 Å². The minimum Gasteiger partial charge on any atom is -0.309 e. The maximum Gasteiger partial charge on any atom is 0.433 e. The molecule has 1 unspecified atom stereocenters. The Balaban J connectivity index is 1.90. The molecule has 7 nitrogen and oxygen atoms in total. The van der Waals surface area contributed by atoms with E-state index in [-0.39, 0.29) is 29.2 Å². The lowest BCUT2D eigenvalue weighted by molar-refractivity contribution is -0.142. The molecule has 0 saturated heterocycles. The maximum absolute atomic E-state index is 13.5. The number of hydrogen-bond donors (Lipinski definition) is 1. The zero-order chi connectivity index (χ0) is 21.0. The van der Waals surface area contributed by atoms with E-state index in [1.807, 2.05) is 6.92 Å². The van der Waals surface area contributed by atoms with Crippen LogP contribution < -0.4 is 5.32 Å². The Morgan fingerprint density at radius 1 is 1.24 bits per heavy atom. The van der Waals surface area contributed by atoms with E-state index in [9.17, 15) is 18.0 Å². The Kier molecular flexibility index (Phi) is 5.90. The van der Waals surface area contributed by atoms with E-state index in [0.717, 1.165) is 25.1 Å². The number of nitrogens with one attached hydrogen (secondary N) is 1. The smallest absolute Gasteiger partial charge is 0.309 e. The third-order valence-corrected chi connectivity index (χ3v) is 4.23. The van der Waals surface area contributed by atoms with Crippen LogP contribution in [0.15, 0.2) is 43.0 Å². The largest absolute Gasteiger partial charge is 0.433 e. The van der Waals surface area contributed by atoms with Crippen LogP contribution in [0, 0.1) is 5.92 Å². The number of carbonyl (C=O) groups excluding carboxylic acids is 1. The number of pyridine rings is 1. The van der Waals surface area contributed by atoms with Gasteiger partial charge in [0.2, 0.25) is 5.91 Å². The van der Waals surface area contributed by atoms with E-state index in [2.05, 4.69) is 25.4 Å². The molecule has 0 bridgehead atoms. The average molecular weight is 404 g/mol. The SMILES string of the molecule is CCCC(C)C(=O)Nc1cnc(-n2nc(-c3cccnc3)cc2C(F)(F)F)cn1. The van der Waals surface area contributed by atoms with Gasteiger partial charge in [0.25, 0.3) is 0 Å². The van der Waals surface area contributed by atoms with Crippen molar-refractivity contribution in [1.29, 1.82) is 0 Å².